The molecule has 0 spiro atoms. The standard InChI is InChI=1S/C25H27NO6/c1-29-20-10-6-5-8-18(20)11-12-23(27)26-13-7-9-19(25(26)28)14-17-15-21(30-2)24(32-4)22(16-17)31-3/h5-6,8,10-12,14-16H,7,9,13H2,1-4H3/b12-11+,19-14+. The summed E-state index contributed by atoms with van der Waals surface area (Å²) in [5.74, 6) is 1.45. The van der Waals surface area contributed by atoms with Crippen molar-refractivity contribution in [3.05, 3.63) is 59.2 Å². The first-order chi connectivity index (χ1) is 15.5. The zero-order valence-corrected chi connectivity index (χ0v) is 18.7. The number of carbonyl (C=O) groups excluding carboxylic acids is 2. The predicted molar refractivity (Wildman–Crippen MR) is 122 cm³/mol. The molecular weight excluding hydrogens is 410 g/mol. The molecule has 7 heteroatoms. The summed E-state index contributed by atoms with van der Waals surface area (Å²) in [5, 5.41) is 0. The summed E-state index contributed by atoms with van der Waals surface area (Å²) >= 11 is 0. The monoisotopic (exact) mass is 437 g/mol. The second-order valence-electron chi connectivity index (χ2n) is 7.10. The van der Waals surface area contributed by atoms with Gasteiger partial charge in [0.1, 0.15) is 5.75 Å². The van der Waals surface area contributed by atoms with Gasteiger partial charge in [0.25, 0.3) is 11.8 Å². The van der Waals surface area contributed by atoms with Crippen LogP contribution in [0.25, 0.3) is 12.2 Å². The smallest absolute Gasteiger partial charge is 0.256 e. The molecule has 32 heavy (non-hydrogen) atoms. The predicted octanol–water partition coefficient (Wildman–Crippen LogP) is 3.97. The van der Waals surface area contributed by atoms with Gasteiger partial charge in [-0.05, 0) is 48.8 Å². The topological polar surface area (TPSA) is 74.3 Å². The van der Waals surface area contributed by atoms with Crippen LogP contribution in [0, 0.1) is 0 Å². The van der Waals surface area contributed by atoms with E-state index >= 15 is 0 Å². The molecule has 2 aromatic carbocycles. The van der Waals surface area contributed by atoms with Gasteiger partial charge in [-0.15, -0.1) is 0 Å². The molecule has 0 atom stereocenters. The Morgan fingerprint density at radius 1 is 0.938 bits per heavy atom. The molecule has 2 aromatic rings. The van der Waals surface area contributed by atoms with E-state index in [-0.39, 0.29) is 11.8 Å². The summed E-state index contributed by atoms with van der Waals surface area (Å²) < 4.78 is 21.4. The lowest BCUT2D eigenvalue weighted by atomic mass is 10.00. The molecule has 2 amide bonds. The summed E-state index contributed by atoms with van der Waals surface area (Å²) in [6, 6.07) is 10.9. The summed E-state index contributed by atoms with van der Waals surface area (Å²) in [6.45, 7) is 0.376. The van der Waals surface area contributed by atoms with E-state index in [4.69, 9.17) is 18.9 Å². The highest BCUT2D eigenvalue weighted by molar-refractivity contribution is 6.11. The number of amides is 2. The van der Waals surface area contributed by atoms with Gasteiger partial charge in [-0.2, -0.15) is 0 Å². The molecule has 0 aromatic heterocycles. The third kappa shape index (κ3) is 4.94. The average Bonchev–Trinajstić information content (AvgIpc) is 2.83. The van der Waals surface area contributed by atoms with Crippen LogP contribution in [0.3, 0.4) is 0 Å². The van der Waals surface area contributed by atoms with E-state index in [1.807, 2.05) is 24.3 Å². The van der Waals surface area contributed by atoms with Crippen molar-refractivity contribution in [3.63, 3.8) is 0 Å². The first-order valence-electron chi connectivity index (χ1n) is 10.2. The molecular formula is C25H27NO6. The Hall–Kier alpha value is -3.74. The molecule has 0 aliphatic carbocycles. The third-order valence-corrected chi connectivity index (χ3v) is 5.19. The Bertz CT molecular complexity index is 1030. The fraction of sp³-hybridized carbons (Fsp3) is 0.280. The lowest BCUT2D eigenvalue weighted by Gasteiger charge is -2.26. The van der Waals surface area contributed by atoms with Crippen molar-refractivity contribution in [1.82, 2.24) is 4.90 Å². The molecule has 168 valence electrons. The molecule has 3 rings (SSSR count). The van der Waals surface area contributed by atoms with Gasteiger partial charge in [-0.1, -0.05) is 18.2 Å². The summed E-state index contributed by atoms with van der Waals surface area (Å²) in [5.41, 5.74) is 2.03. The van der Waals surface area contributed by atoms with Crippen molar-refractivity contribution >= 4 is 24.0 Å². The summed E-state index contributed by atoms with van der Waals surface area (Å²) in [6.07, 6.45) is 6.09. The second kappa shape index (κ2) is 10.5. The number of hydrogen-bond acceptors (Lipinski definition) is 6. The molecule has 1 aliphatic rings. The molecule has 1 saturated heterocycles. The number of piperidine rings is 1. The fourth-order valence-corrected chi connectivity index (χ4v) is 3.59. The normalized spacial score (nSPS) is 15.2. The molecule has 0 saturated carbocycles. The van der Waals surface area contributed by atoms with Gasteiger partial charge in [0.15, 0.2) is 11.5 Å². The molecule has 1 aliphatic heterocycles. The van der Waals surface area contributed by atoms with E-state index < -0.39 is 0 Å². The van der Waals surface area contributed by atoms with E-state index in [1.165, 1.54) is 32.3 Å². The number of imide groups is 1. The van der Waals surface area contributed by atoms with E-state index in [2.05, 4.69) is 0 Å². The molecule has 0 bridgehead atoms. The van der Waals surface area contributed by atoms with Crippen LogP contribution in [0.15, 0.2) is 48.0 Å². The Morgan fingerprint density at radius 3 is 2.22 bits per heavy atom. The van der Waals surface area contributed by atoms with Crippen molar-refractivity contribution in [1.29, 1.82) is 0 Å². The lowest BCUT2D eigenvalue weighted by molar-refractivity contribution is -0.140. The van der Waals surface area contributed by atoms with Crippen molar-refractivity contribution in [2.75, 3.05) is 35.0 Å². The molecule has 0 radical (unpaired) electrons. The highest BCUT2D eigenvalue weighted by atomic mass is 16.5. The zero-order valence-electron chi connectivity index (χ0n) is 18.7. The van der Waals surface area contributed by atoms with Gasteiger partial charge < -0.3 is 18.9 Å². The van der Waals surface area contributed by atoms with Crippen molar-refractivity contribution in [2.45, 2.75) is 12.8 Å². The number of ether oxygens (including phenoxy) is 4. The number of rotatable bonds is 7. The molecule has 7 nitrogen and oxygen atoms in total. The number of nitrogens with zero attached hydrogens (tertiary/aromatic N) is 1. The van der Waals surface area contributed by atoms with Crippen LogP contribution in [-0.4, -0.2) is 51.7 Å². The molecule has 0 N–H and O–H groups in total. The molecule has 1 heterocycles. The second-order valence-corrected chi connectivity index (χ2v) is 7.10. The van der Waals surface area contributed by atoms with E-state index in [9.17, 15) is 9.59 Å². The van der Waals surface area contributed by atoms with Gasteiger partial charge >= 0.3 is 0 Å². The van der Waals surface area contributed by atoms with Crippen LogP contribution >= 0.6 is 0 Å². The highest BCUT2D eigenvalue weighted by Crippen LogP contribution is 2.39. The maximum Gasteiger partial charge on any atom is 0.256 e. The minimum Gasteiger partial charge on any atom is -0.496 e. The largest absolute Gasteiger partial charge is 0.496 e. The van der Waals surface area contributed by atoms with Crippen LogP contribution in [0.5, 0.6) is 23.0 Å². The maximum absolute atomic E-state index is 13.0. The zero-order chi connectivity index (χ0) is 23.1. The Morgan fingerprint density at radius 2 is 1.59 bits per heavy atom. The fourth-order valence-electron chi connectivity index (χ4n) is 3.59. The number of hydrogen-bond donors (Lipinski definition) is 0. The number of methoxy groups -OCH3 is 4. The Balaban J connectivity index is 1.84. The van der Waals surface area contributed by atoms with Crippen LogP contribution in [-0.2, 0) is 9.59 Å². The van der Waals surface area contributed by atoms with Gasteiger partial charge in [-0.25, -0.2) is 0 Å². The number of carbonyl (C=O) groups is 2. The van der Waals surface area contributed by atoms with Crippen LogP contribution in [0.1, 0.15) is 24.0 Å². The van der Waals surface area contributed by atoms with Gasteiger partial charge in [0, 0.05) is 23.8 Å². The molecule has 1 fully saturated rings. The summed E-state index contributed by atoms with van der Waals surface area (Å²) in [4.78, 5) is 27.0. The quantitative estimate of drug-likeness (QED) is 0.611. The lowest BCUT2D eigenvalue weighted by Crippen LogP contribution is -2.40. The SMILES string of the molecule is COc1ccccc1/C=C/C(=O)N1CCC/C(=C\c2cc(OC)c(OC)c(OC)c2)C1=O. The van der Waals surface area contributed by atoms with Gasteiger partial charge in [0.2, 0.25) is 5.75 Å². The number of likely N-dealkylation sites (tertiary alicyclic amines) is 1. The first-order valence-corrected chi connectivity index (χ1v) is 10.2. The van der Waals surface area contributed by atoms with Gasteiger partial charge in [-0.3, -0.25) is 14.5 Å². The van der Waals surface area contributed by atoms with E-state index in [0.717, 1.165) is 11.1 Å². The van der Waals surface area contributed by atoms with E-state index in [1.54, 1.807) is 31.4 Å². The first kappa shape index (κ1) is 22.9. The van der Waals surface area contributed by atoms with Gasteiger partial charge in [0.05, 0.1) is 28.4 Å². The average molecular weight is 437 g/mol. The van der Waals surface area contributed by atoms with E-state index in [0.29, 0.717) is 48.0 Å². The maximum atomic E-state index is 13.0. The van der Waals surface area contributed by atoms with Crippen molar-refractivity contribution in [3.8, 4) is 23.0 Å². The van der Waals surface area contributed by atoms with Crippen LogP contribution in [0.4, 0.5) is 0 Å². The third-order valence-electron chi connectivity index (χ3n) is 5.19. The van der Waals surface area contributed by atoms with Crippen LogP contribution < -0.4 is 18.9 Å². The van der Waals surface area contributed by atoms with Crippen molar-refractivity contribution in [2.24, 2.45) is 0 Å². The highest BCUT2D eigenvalue weighted by Gasteiger charge is 2.27. The number of para-hydroxylation sites is 1. The van der Waals surface area contributed by atoms with Crippen LogP contribution in [0.2, 0.25) is 0 Å². The Labute approximate surface area is 187 Å². The Kier molecular flexibility index (Phi) is 7.54. The summed E-state index contributed by atoms with van der Waals surface area (Å²) in [7, 11) is 6.18. The minimum absolute atomic E-state index is 0.306. The minimum atomic E-state index is -0.364. The van der Waals surface area contributed by atoms with Crippen molar-refractivity contribution < 1.29 is 28.5 Å². The molecule has 0 unspecified atom stereocenters. The number of benzene rings is 2.